The lowest BCUT2D eigenvalue weighted by molar-refractivity contribution is -0.128. The van der Waals surface area contributed by atoms with Crippen molar-refractivity contribution in [1.82, 2.24) is 4.90 Å². The van der Waals surface area contributed by atoms with Gasteiger partial charge in [-0.05, 0) is 42.0 Å². The lowest BCUT2D eigenvalue weighted by Crippen LogP contribution is -2.31. The fourth-order valence-electron chi connectivity index (χ4n) is 1.93. The van der Waals surface area contributed by atoms with Crippen LogP contribution in [0.1, 0.15) is 11.1 Å². The number of halogens is 1. The predicted octanol–water partition coefficient (Wildman–Crippen LogP) is 3.39. The topological polar surface area (TPSA) is 56.1 Å². The molecule has 0 spiro atoms. The third kappa shape index (κ3) is 4.61. The zero-order valence-corrected chi connectivity index (χ0v) is 13.8. The highest BCUT2D eigenvalue weighted by Gasteiger charge is 2.09. The molecule has 1 N–H and O–H groups in total. The van der Waals surface area contributed by atoms with E-state index in [2.05, 4.69) is 27.3 Å². The van der Waals surface area contributed by atoms with Crippen molar-refractivity contribution < 1.29 is 4.79 Å². The monoisotopic (exact) mass is 357 g/mol. The highest BCUT2D eigenvalue weighted by Crippen LogP contribution is 2.12. The molecule has 2 rings (SSSR count). The van der Waals surface area contributed by atoms with Crippen LogP contribution in [0.25, 0.3) is 0 Å². The maximum Gasteiger partial charge on any atom is 0.241 e. The van der Waals surface area contributed by atoms with Crippen molar-refractivity contribution in [1.29, 1.82) is 5.26 Å². The van der Waals surface area contributed by atoms with Gasteiger partial charge in [-0.25, -0.2) is 0 Å². The number of likely N-dealkylation sites (N-methyl/N-ethyl adjacent to an activating group) is 1. The van der Waals surface area contributed by atoms with Gasteiger partial charge in [-0.2, -0.15) is 5.26 Å². The number of anilines is 1. The van der Waals surface area contributed by atoms with Gasteiger partial charge in [0.05, 0.1) is 18.2 Å². The molecule has 2 aromatic rings. The number of amides is 1. The third-order valence-corrected chi connectivity index (χ3v) is 3.75. The zero-order chi connectivity index (χ0) is 15.9. The summed E-state index contributed by atoms with van der Waals surface area (Å²) in [6.07, 6.45) is 0. The first-order chi connectivity index (χ1) is 10.6. The number of benzene rings is 2. The van der Waals surface area contributed by atoms with E-state index in [0.717, 1.165) is 15.7 Å². The Hall–Kier alpha value is -2.32. The van der Waals surface area contributed by atoms with Gasteiger partial charge in [-0.15, -0.1) is 0 Å². The van der Waals surface area contributed by atoms with Crippen molar-refractivity contribution in [3.8, 4) is 6.07 Å². The molecular formula is C17H16BrN3O. The molecule has 0 aliphatic carbocycles. The minimum absolute atomic E-state index is 0.00674. The Morgan fingerprint density at radius 1 is 1.18 bits per heavy atom. The van der Waals surface area contributed by atoms with Crippen molar-refractivity contribution in [2.24, 2.45) is 0 Å². The minimum Gasteiger partial charge on any atom is -0.376 e. The van der Waals surface area contributed by atoms with E-state index in [0.29, 0.717) is 12.1 Å². The van der Waals surface area contributed by atoms with Gasteiger partial charge < -0.3 is 10.2 Å². The smallest absolute Gasteiger partial charge is 0.241 e. The molecule has 0 heterocycles. The van der Waals surface area contributed by atoms with E-state index in [1.807, 2.05) is 24.3 Å². The van der Waals surface area contributed by atoms with Gasteiger partial charge >= 0.3 is 0 Å². The Morgan fingerprint density at radius 2 is 1.82 bits per heavy atom. The number of carbonyl (C=O) groups excluding carboxylic acids is 1. The Balaban J connectivity index is 1.85. The Morgan fingerprint density at radius 3 is 2.41 bits per heavy atom. The third-order valence-electron chi connectivity index (χ3n) is 3.22. The molecule has 0 saturated carbocycles. The number of rotatable bonds is 5. The van der Waals surface area contributed by atoms with Crippen LogP contribution in [0.3, 0.4) is 0 Å². The fraction of sp³-hybridized carbons (Fsp3) is 0.176. The van der Waals surface area contributed by atoms with Crippen molar-refractivity contribution in [3.05, 3.63) is 64.1 Å². The maximum absolute atomic E-state index is 12.1. The second-order valence-corrected chi connectivity index (χ2v) is 5.83. The van der Waals surface area contributed by atoms with Crippen LogP contribution in [0.15, 0.2) is 53.0 Å². The molecule has 0 fully saturated rings. The Kier molecular flexibility index (Phi) is 5.56. The molecule has 0 saturated heterocycles. The van der Waals surface area contributed by atoms with Gasteiger partial charge in [0.1, 0.15) is 0 Å². The first-order valence-corrected chi connectivity index (χ1v) is 7.60. The molecule has 0 unspecified atom stereocenters. The SMILES string of the molecule is CN(Cc1ccc(Br)cc1)C(=O)CNc1ccc(C#N)cc1. The average Bonchev–Trinajstić information content (AvgIpc) is 2.55. The summed E-state index contributed by atoms with van der Waals surface area (Å²) >= 11 is 3.39. The van der Waals surface area contributed by atoms with Gasteiger partial charge in [0.2, 0.25) is 5.91 Å². The van der Waals surface area contributed by atoms with Crippen molar-refractivity contribution in [2.45, 2.75) is 6.54 Å². The lowest BCUT2D eigenvalue weighted by Gasteiger charge is -2.18. The second kappa shape index (κ2) is 7.62. The zero-order valence-electron chi connectivity index (χ0n) is 12.2. The first kappa shape index (κ1) is 16.1. The number of nitriles is 1. The normalized spacial score (nSPS) is 9.86. The molecule has 22 heavy (non-hydrogen) atoms. The van der Waals surface area contributed by atoms with E-state index >= 15 is 0 Å². The van der Waals surface area contributed by atoms with Crippen LogP contribution >= 0.6 is 15.9 Å². The van der Waals surface area contributed by atoms with Gasteiger partial charge in [-0.1, -0.05) is 28.1 Å². The van der Waals surface area contributed by atoms with Gasteiger partial charge in [0, 0.05) is 23.8 Å². The Labute approximate surface area is 138 Å². The molecular weight excluding hydrogens is 342 g/mol. The number of carbonyl (C=O) groups is 1. The van der Waals surface area contributed by atoms with Crippen molar-refractivity contribution in [3.63, 3.8) is 0 Å². The molecule has 0 aromatic heterocycles. The van der Waals surface area contributed by atoms with E-state index in [9.17, 15) is 4.79 Å². The molecule has 0 atom stereocenters. The molecule has 0 bridgehead atoms. The van der Waals surface area contributed by atoms with Gasteiger partial charge in [-0.3, -0.25) is 4.79 Å². The first-order valence-electron chi connectivity index (χ1n) is 6.81. The van der Waals surface area contributed by atoms with Crippen LogP contribution in [0.2, 0.25) is 0 Å². The standard InChI is InChI=1S/C17H16BrN3O/c1-21(12-14-2-6-15(18)7-3-14)17(22)11-20-16-8-4-13(10-19)5-9-16/h2-9,20H,11-12H2,1H3. The summed E-state index contributed by atoms with van der Waals surface area (Å²) in [5.41, 5.74) is 2.51. The molecule has 4 nitrogen and oxygen atoms in total. The van der Waals surface area contributed by atoms with E-state index in [1.54, 1.807) is 36.2 Å². The Bertz CT molecular complexity index is 675. The number of nitrogens with zero attached hydrogens (tertiary/aromatic N) is 2. The predicted molar refractivity (Wildman–Crippen MR) is 90.3 cm³/mol. The molecule has 5 heteroatoms. The van der Waals surface area contributed by atoms with E-state index in [-0.39, 0.29) is 12.5 Å². The van der Waals surface area contributed by atoms with Crippen LogP contribution in [0.5, 0.6) is 0 Å². The van der Waals surface area contributed by atoms with Crippen LogP contribution in [0, 0.1) is 11.3 Å². The lowest BCUT2D eigenvalue weighted by atomic mass is 10.2. The van der Waals surface area contributed by atoms with E-state index in [4.69, 9.17) is 5.26 Å². The molecule has 0 aliphatic rings. The highest BCUT2D eigenvalue weighted by atomic mass is 79.9. The number of hydrogen-bond acceptors (Lipinski definition) is 3. The quantitative estimate of drug-likeness (QED) is 0.892. The summed E-state index contributed by atoms with van der Waals surface area (Å²) in [7, 11) is 1.78. The summed E-state index contributed by atoms with van der Waals surface area (Å²) in [6, 6.07) is 17.0. The molecule has 2 aromatic carbocycles. The fourth-order valence-corrected chi connectivity index (χ4v) is 2.19. The largest absolute Gasteiger partial charge is 0.376 e. The molecule has 0 aliphatic heterocycles. The summed E-state index contributed by atoms with van der Waals surface area (Å²) in [6.45, 7) is 0.792. The second-order valence-electron chi connectivity index (χ2n) is 4.92. The highest BCUT2D eigenvalue weighted by molar-refractivity contribution is 9.10. The molecule has 1 amide bonds. The van der Waals surface area contributed by atoms with Gasteiger partial charge in [0.15, 0.2) is 0 Å². The maximum atomic E-state index is 12.1. The molecule has 112 valence electrons. The number of hydrogen-bond donors (Lipinski definition) is 1. The number of nitrogens with one attached hydrogen (secondary N) is 1. The summed E-state index contributed by atoms with van der Waals surface area (Å²) in [4.78, 5) is 13.8. The van der Waals surface area contributed by atoms with E-state index < -0.39 is 0 Å². The van der Waals surface area contributed by atoms with Crippen molar-refractivity contribution in [2.75, 3.05) is 18.9 Å². The van der Waals surface area contributed by atoms with Crippen molar-refractivity contribution >= 4 is 27.5 Å². The summed E-state index contributed by atoms with van der Waals surface area (Å²) in [5, 5.41) is 11.8. The molecule has 0 radical (unpaired) electrons. The van der Waals surface area contributed by atoms with Crippen LogP contribution in [0.4, 0.5) is 5.69 Å². The van der Waals surface area contributed by atoms with Crippen LogP contribution in [-0.4, -0.2) is 24.4 Å². The summed E-state index contributed by atoms with van der Waals surface area (Å²) < 4.78 is 1.02. The van der Waals surface area contributed by atoms with Crippen LogP contribution < -0.4 is 5.32 Å². The van der Waals surface area contributed by atoms with Crippen LogP contribution in [-0.2, 0) is 11.3 Å². The summed E-state index contributed by atoms with van der Waals surface area (Å²) in [5.74, 6) is 0.00674. The van der Waals surface area contributed by atoms with Gasteiger partial charge in [0.25, 0.3) is 0 Å². The van der Waals surface area contributed by atoms with E-state index in [1.165, 1.54) is 0 Å². The average molecular weight is 358 g/mol. The minimum atomic E-state index is 0.00674.